The van der Waals surface area contributed by atoms with Crippen LogP contribution in [0.2, 0.25) is 0 Å². The Morgan fingerprint density at radius 1 is 1.12 bits per heavy atom. The Morgan fingerprint density at radius 2 is 1.82 bits per heavy atom. The number of nitrogens with zero attached hydrogens (tertiary/aromatic N) is 1. The number of hydrogen-bond donors (Lipinski definition) is 2. The van der Waals surface area contributed by atoms with E-state index >= 15 is 0 Å². The molecule has 7 nitrogen and oxygen atoms in total. The average molecular weight is 476 g/mol. The lowest BCUT2D eigenvalue weighted by Crippen LogP contribution is -2.47. The van der Waals surface area contributed by atoms with Crippen molar-refractivity contribution in [1.82, 2.24) is 10.0 Å². The Labute approximate surface area is 194 Å². The van der Waals surface area contributed by atoms with E-state index < -0.39 is 22.0 Å². The van der Waals surface area contributed by atoms with Gasteiger partial charge in [0.2, 0.25) is 21.8 Å². The Hall–Kier alpha value is -2.78. The van der Waals surface area contributed by atoms with E-state index in [0.29, 0.717) is 31.4 Å². The third-order valence-corrected chi connectivity index (χ3v) is 7.03. The number of halogens is 1. The predicted molar refractivity (Wildman–Crippen MR) is 125 cm³/mol. The highest BCUT2D eigenvalue weighted by Gasteiger charge is 2.29. The third-order valence-electron chi connectivity index (χ3n) is 5.56. The smallest absolute Gasteiger partial charge is 0.241 e. The van der Waals surface area contributed by atoms with Crippen molar-refractivity contribution in [2.75, 3.05) is 11.4 Å². The molecule has 2 aromatic rings. The van der Waals surface area contributed by atoms with Crippen LogP contribution in [0.4, 0.5) is 10.1 Å². The highest BCUT2D eigenvalue weighted by molar-refractivity contribution is 7.89. The zero-order valence-corrected chi connectivity index (χ0v) is 19.9. The summed E-state index contributed by atoms with van der Waals surface area (Å²) < 4.78 is 41.8. The van der Waals surface area contributed by atoms with Crippen molar-refractivity contribution in [1.29, 1.82) is 0 Å². The monoisotopic (exact) mass is 475 g/mol. The highest BCUT2D eigenvalue weighted by atomic mass is 32.2. The van der Waals surface area contributed by atoms with Crippen LogP contribution in [0.25, 0.3) is 0 Å². The molecule has 0 radical (unpaired) electrons. The molecule has 2 amide bonds. The number of rotatable bonds is 9. The first-order valence-electron chi connectivity index (χ1n) is 11.1. The molecule has 1 aliphatic heterocycles. The highest BCUT2D eigenvalue weighted by Crippen LogP contribution is 2.30. The Balaban J connectivity index is 1.74. The van der Waals surface area contributed by atoms with Crippen molar-refractivity contribution < 1.29 is 22.4 Å². The summed E-state index contributed by atoms with van der Waals surface area (Å²) in [6, 6.07) is 9.47. The van der Waals surface area contributed by atoms with E-state index in [1.54, 1.807) is 36.1 Å². The number of carbonyl (C=O) groups is 2. The Morgan fingerprint density at radius 3 is 2.45 bits per heavy atom. The summed E-state index contributed by atoms with van der Waals surface area (Å²) in [5.74, 6) is -0.746. The molecule has 0 aromatic heterocycles. The molecule has 0 aliphatic carbocycles. The molecule has 0 fully saturated rings. The van der Waals surface area contributed by atoms with E-state index in [-0.39, 0.29) is 29.1 Å². The van der Waals surface area contributed by atoms with Gasteiger partial charge >= 0.3 is 0 Å². The summed E-state index contributed by atoms with van der Waals surface area (Å²) in [7, 11) is -3.97. The second-order valence-corrected chi connectivity index (χ2v) is 10.3. The van der Waals surface area contributed by atoms with Gasteiger partial charge in [-0.2, -0.15) is 4.72 Å². The molecule has 0 saturated carbocycles. The van der Waals surface area contributed by atoms with Gasteiger partial charge < -0.3 is 10.2 Å². The number of hydrogen-bond acceptors (Lipinski definition) is 4. The zero-order valence-electron chi connectivity index (χ0n) is 19.1. The standard InChI is InChI=1S/C24H30FN3O4S/c1-4-23(29)28-12-11-18-14-20(9-10-22(18)28)33(31,32)27-21(13-16(2)3)24(30)26-15-17-5-7-19(25)8-6-17/h5-10,14,16,21,27H,4,11-13,15H2,1-3H3,(H,26,30)/t21-/m0/s1. The normalized spacial score (nSPS) is 14.3. The van der Waals surface area contributed by atoms with Crippen molar-refractivity contribution in [2.45, 2.75) is 57.5 Å². The van der Waals surface area contributed by atoms with Gasteiger partial charge in [-0.3, -0.25) is 9.59 Å². The number of benzene rings is 2. The van der Waals surface area contributed by atoms with Gasteiger partial charge in [-0.15, -0.1) is 0 Å². The second kappa shape index (κ2) is 10.4. The summed E-state index contributed by atoms with van der Waals surface area (Å²) in [6.07, 6.45) is 1.28. The lowest BCUT2D eigenvalue weighted by Gasteiger charge is -2.21. The van der Waals surface area contributed by atoms with Crippen LogP contribution in [0.15, 0.2) is 47.4 Å². The Bertz CT molecular complexity index is 1120. The molecular formula is C24H30FN3O4S. The van der Waals surface area contributed by atoms with Crippen LogP contribution < -0.4 is 14.9 Å². The van der Waals surface area contributed by atoms with Crippen LogP contribution in [0.5, 0.6) is 0 Å². The van der Waals surface area contributed by atoms with Crippen LogP contribution >= 0.6 is 0 Å². The van der Waals surface area contributed by atoms with Crippen molar-refractivity contribution >= 4 is 27.5 Å². The third kappa shape index (κ3) is 6.17. The van der Waals surface area contributed by atoms with Crippen LogP contribution in [0.3, 0.4) is 0 Å². The molecule has 0 unspecified atom stereocenters. The molecule has 0 spiro atoms. The maximum atomic E-state index is 13.1. The van der Waals surface area contributed by atoms with Crippen LogP contribution in [-0.4, -0.2) is 32.8 Å². The molecule has 0 bridgehead atoms. The Kier molecular flexibility index (Phi) is 7.86. The van der Waals surface area contributed by atoms with Crippen molar-refractivity contribution in [3.8, 4) is 0 Å². The van der Waals surface area contributed by atoms with E-state index in [1.165, 1.54) is 18.2 Å². The molecule has 1 atom stereocenters. The molecule has 2 N–H and O–H groups in total. The first-order valence-corrected chi connectivity index (χ1v) is 12.6. The fraction of sp³-hybridized carbons (Fsp3) is 0.417. The molecule has 178 valence electrons. The second-order valence-electron chi connectivity index (χ2n) is 8.59. The number of amides is 2. The van der Waals surface area contributed by atoms with Gasteiger partial charge in [0, 0.05) is 25.2 Å². The molecule has 33 heavy (non-hydrogen) atoms. The van der Waals surface area contributed by atoms with E-state index in [0.717, 1.165) is 11.3 Å². The maximum Gasteiger partial charge on any atom is 0.241 e. The van der Waals surface area contributed by atoms with E-state index in [4.69, 9.17) is 0 Å². The molecule has 1 heterocycles. The predicted octanol–water partition coefficient (Wildman–Crippen LogP) is 3.13. The lowest BCUT2D eigenvalue weighted by atomic mass is 10.0. The number of carbonyl (C=O) groups excluding carboxylic acids is 2. The summed E-state index contributed by atoms with van der Waals surface area (Å²) in [6.45, 7) is 6.29. The first kappa shape index (κ1) is 24.9. The van der Waals surface area contributed by atoms with Crippen molar-refractivity contribution in [3.63, 3.8) is 0 Å². The van der Waals surface area contributed by atoms with Crippen molar-refractivity contribution in [3.05, 3.63) is 59.4 Å². The molecular weight excluding hydrogens is 445 g/mol. The molecule has 0 saturated heterocycles. The van der Waals surface area contributed by atoms with Crippen molar-refractivity contribution in [2.24, 2.45) is 5.92 Å². The van der Waals surface area contributed by atoms with Gasteiger partial charge in [-0.1, -0.05) is 32.9 Å². The largest absolute Gasteiger partial charge is 0.351 e. The summed E-state index contributed by atoms with van der Waals surface area (Å²) in [5.41, 5.74) is 2.23. The van der Waals surface area contributed by atoms with Gasteiger partial charge in [0.1, 0.15) is 11.9 Å². The average Bonchev–Trinajstić information content (AvgIpc) is 3.20. The minimum Gasteiger partial charge on any atom is -0.351 e. The van der Waals surface area contributed by atoms with Gasteiger partial charge in [-0.25, -0.2) is 12.8 Å². The molecule has 9 heteroatoms. The SMILES string of the molecule is CCC(=O)N1CCc2cc(S(=O)(=O)N[C@@H](CC(C)C)C(=O)NCc3ccc(F)cc3)ccc21. The van der Waals surface area contributed by atoms with Gasteiger partial charge in [-0.05, 0) is 60.2 Å². The minimum absolute atomic E-state index is 0.00250. The summed E-state index contributed by atoms with van der Waals surface area (Å²) in [5, 5.41) is 2.73. The number of anilines is 1. The zero-order chi connectivity index (χ0) is 24.2. The fourth-order valence-electron chi connectivity index (χ4n) is 3.85. The summed E-state index contributed by atoms with van der Waals surface area (Å²) >= 11 is 0. The van der Waals surface area contributed by atoms with Crippen LogP contribution in [0, 0.1) is 11.7 Å². The van der Waals surface area contributed by atoms with Gasteiger partial charge in [0.25, 0.3) is 0 Å². The van der Waals surface area contributed by atoms with Crippen LogP contribution in [0.1, 0.15) is 44.7 Å². The minimum atomic E-state index is -3.97. The number of nitrogens with one attached hydrogen (secondary N) is 2. The van der Waals surface area contributed by atoms with Gasteiger partial charge in [0.15, 0.2) is 0 Å². The quantitative estimate of drug-likeness (QED) is 0.583. The van der Waals surface area contributed by atoms with Gasteiger partial charge in [0.05, 0.1) is 4.90 Å². The van der Waals surface area contributed by atoms with Crippen LogP contribution in [-0.2, 0) is 32.6 Å². The molecule has 3 rings (SSSR count). The fourth-order valence-corrected chi connectivity index (χ4v) is 5.10. The van der Waals surface area contributed by atoms with E-state index in [1.807, 2.05) is 13.8 Å². The molecule has 1 aliphatic rings. The maximum absolute atomic E-state index is 13.1. The number of sulfonamides is 1. The van der Waals surface area contributed by atoms with E-state index in [2.05, 4.69) is 10.0 Å². The van der Waals surface area contributed by atoms with E-state index in [9.17, 15) is 22.4 Å². The lowest BCUT2D eigenvalue weighted by molar-refractivity contribution is -0.123. The first-order chi connectivity index (χ1) is 15.6. The molecule has 2 aromatic carbocycles. The summed E-state index contributed by atoms with van der Waals surface area (Å²) in [4.78, 5) is 26.6. The number of fused-ring (bicyclic) bond motifs is 1. The topological polar surface area (TPSA) is 95.6 Å².